The number of hydrogen-bond donors (Lipinski definition) is 2. The van der Waals surface area contributed by atoms with Gasteiger partial charge >= 0.3 is 11.9 Å². The average Bonchev–Trinajstić information content (AvgIpc) is 2.27. The fraction of sp³-hybridized carbons (Fsp3) is 0.0833. The van der Waals surface area contributed by atoms with Crippen molar-refractivity contribution in [2.75, 3.05) is 0 Å². The number of pyridine rings is 1. The van der Waals surface area contributed by atoms with Crippen molar-refractivity contribution in [2.24, 2.45) is 0 Å². The van der Waals surface area contributed by atoms with Gasteiger partial charge in [0.15, 0.2) is 5.69 Å². The third-order valence-electron chi connectivity index (χ3n) is 2.51. The summed E-state index contributed by atoms with van der Waals surface area (Å²) in [6, 6.07) is 6.57. The SMILES string of the molecule is Cc1cccc2nc(C(=O)O)c(C(=O)O)cc12. The first-order valence-corrected chi connectivity index (χ1v) is 4.87. The minimum atomic E-state index is -1.34. The average molecular weight is 231 g/mol. The van der Waals surface area contributed by atoms with Crippen LogP contribution in [-0.4, -0.2) is 27.1 Å². The molecule has 1 heterocycles. The van der Waals surface area contributed by atoms with Crippen LogP contribution in [0.5, 0.6) is 0 Å². The Kier molecular flexibility index (Phi) is 2.51. The maximum Gasteiger partial charge on any atom is 0.355 e. The fourth-order valence-corrected chi connectivity index (χ4v) is 1.67. The van der Waals surface area contributed by atoms with Gasteiger partial charge in [-0.05, 0) is 24.6 Å². The van der Waals surface area contributed by atoms with Crippen LogP contribution in [0.4, 0.5) is 0 Å². The zero-order chi connectivity index (χ0) is 12.6. The van der Waals surface area contributed by atoms with Gasteiger partial charge < -0.3 is 10.2 Å². The second-order valence-electron chi connectivity index (χ2n) is 3.64. The predicted molar refractivity (Wildman–Crippen MR) is 60.4 cm³/mol. The summed E-state index contributed by atoms with van der Waals surface area (Å²) in [6.07, 6.45) is 0. The smallest absolute Gasteiger partial charge is 0.355 e. The van der Waals surface area contributed by atoms with Crippen LogP contribution in [0.25, 0.3) is 10.9 Å². The lowest BCUT2D eigenvalue weighted by Gasteiger charge is -2.05. The van der Waals surface area contributed by atoms with Gasteiger partial charge in [0.25, 0.3) is 0 Å². The molecule has 0 bridgehead atoms. The van der Waals surface area contributed by atoms with Crippen molar-refractivity contribution in [1.29, 1.82) is 0 Å². The van der Waals surface area contributed by atoms with Gasteiger partial charge in [-0.3, -0.25) is 0 Å². The highest BCUT2D eigenvalue weighted by atomic mass is 16.4. The van der Waals surface area contributed by atoms with Crippen molar-refractivity contribution in [3.05, 3.63) is 41.1 Å². The molecule has 0 fully saturated rings. The molecule has 2 aromatic rings. The molecule has 0 aliphatic heterocycles. The highest BCUT2D eigenvalue weighted by Gasteiger charge is 2.19. The summed E-state index contributed by atoms with van der Waals surface area (Å²) >= 11 is 0. The first-order chi connectivity index (χ1) is 8.00. The Hall–Kier alpha value is -2.43. The molecule has 0 saturated heterocycles. The van der Waals surface area contributed by atoms with E-state index in [-0.39, 0.29) is 5.56 Å². The summed E-state index contributed by atoms with van der Waals surface area (Å²) in [7, 11) is 0. The zero-order valence-electron chi connectivity index (χ0n) is 8.97. The number of hydrogen-bond acceptors (Lipinski definition) is 3. The second kappa shape index (κ2) is 3.86. The Bertz CT molecular complexity index is 634. The van der Waals surface area contributed by atoms with Crippen LogP contribution >= 0.6 is 0 Å². The molecule has 86 valence electrons. The Morgan fingerprint density at radius 3 is 2.47 bits per heavy atom. The number of benzene rings is 1. The van der Waals surface area contributed by atoms with E-state index in [9.17, 15) is 9.59 Å². The van der Waals surface area contributed by atoms with Gasteiger partial charge in [0, 0.05) is 5.39 Å². The first kappa shape index (κ1) is 11.1. The van der Waals surface area contributed by atoms with Crippen LogP contribution in [0.1, 0.15) is 26.4 Å². The molecule has 1 aromatic carbocycles. The van der Waals surface area contributed by atoms with Crippen molar-refractivity contribution < 1.29 is 19.8 Å². The zero-order valence-corrected chi connectivity index (χ0v) is 8.97. The highest BCUT2D eigenvalue weighted by molar-refractivity contribution is 6.03. The normalized spacial score (nSPS) is 10.4. The molecule has 1 aromatic heterocycles. The lowest BCUT2D eigenvalue weighted by Crippen LogP contribution is -2.10. The third-order valence-corrected chi connectivity index (χ3v) is 2.51. The number of carboxylic acids is 2. The van der Waals surface area contributed by atoms with Gasteiger partial charge in [0.05, 0.1) is 11.1 Å². The van der Waals surface area contributed by atoms with Crippen molar-refractivity contribution in [3.8, 4) is 0 Å². The maximum absolute atomic E-state index is 11.0. The van der Waals surface area contributed by atoms with E-state index in [0.717, 1.165) is 5.56 Å². The standard InChI is InChI=1S/C12H9NO4/c1-6-3-2-4-9-7(6)5-8(11(14)15)10(13-9)12(16)17/h2-5H,1H3,(H,14,15)(H,16,17). The summed E-state index contributed by atoms with van der Waals surface area (Å²) in [6.45, 7) is 1.82. The fourth-order valence-electron chi connectivity index (χ4n) is 1.67. The summed E-state index contributed by atoms with van der Waals surface area (Å²) in [5, 5.41) is 18.5. The van der Waals surface area contributed by atoms with E-state index in [2.05, 4.69) is 4.98 Å². The number of nitrogens with zero attached hydrogens (tertiary/aromatic N) is 1. The van der Waals surface area contributed by atoms with Crippen molar-refractivity contribution in [3.63, 3.8) is 0 Å². The van der Waals surface area contributed by atoms with Crippen molar-refractivity contribution >= 4 is 22.8 Å². The van der Waals surface area contributed by atoms with E-state index >= 15 is 0 Å². The van der Waals surface area contributed by atoms with E-state index in [4.69, 9.17) is 10.2 Å². The molecule has 0 spiro atoms. The molecule has 0 aliphatic rings. The largest absolute Gasteiger partial charge is 0.478 e. The minimum Gasteiger partial charge on any atom is -0.478 e. The molecule has 17 heavy (non-hydrogen) atoms. The summed E-state index contributed by atoms with van der Waals surface area (Å²) in [5.41, 5.74) is 0.608. The van der Waals surface area contributed by atoms with E-state index < -0.39 is 17.6 Å². The van der Waals surface area contributed by atoms with Crippen molar-refractivity contribution in [2.45, 2.75) is 6.92 Å². The Morgan fingerprint density at radius 1 is 1.18 bits per heavy atom. The predicted octanol–water partition coefficient (Wildman–Crippen LogP) is 1.94. The molecule has 0 unspecified atom stereocenters. The number of aromatic nitrogens is 1. The summed E-state index contributed by atoms with van der Waals surface area (Å²) < 4.78 is 0. The molecule has 2 rings (SSSR count). The highest BCUT2D eigenvalue weighted by Crippen LogP contribution is 2.20. The maximum atomic E-state index is 11.0. The van der Waals surface area contributed by atoms with Crippen LogP contribution < -0.4 is 0 Å². The number of aryl methyl sites for hydroxylation is 1. The summed E-state index contributed by atoms with van der Waals surface area (Å²) in [4.78, 5) is 25.8. The monoisotopic (exact) mass is 231 g/mol. The lowest BCUT2D eigenvalue weighted by molar-refractivity contribution is 0.0647. The molecule has 5 nitrogen and oxygen atoms in total. The number of aromatic carboxylic acids is 2. The molecule has 2 N–H and O–H groups in total. The number of carbonyl (C=O) groups is 2. The van der Waals surface area contributed by atoms with Crippen LogP contribution in [0.2, 0.25) is 0 Å². The van der Waals surface area contributed by atoms with E-state index in [1.165, 1.54) is 6.07 Å². The van der Waals surface area contributed by atoms with Gasteiger partial charge in [-0.2, -0.15) is 0 Å². The Morgan fingerprint density at radius 2 is 1.88 bits per heavy atom. The molecule has 0 amide bonds. The van der Waals surface area contributed by atoms with E-state index in [1.54, 1.807) is 12.1 Å². The van der Waals surface area contributed by atoms with Crippen molar-refractivity contribution in [1.82, 2.24) is 4.98 Å². The molecule has 0 radical (unpaired) electrons. The van der Waals surface area contributed by atoms with Gasteiger partial charge in [0.1, 0.15) is 0 Å². The molecule has 0 saturated carbocycles. The molecular weight excluding hydrogens is 222 g/mol. The molecule has 0 atom stereocenters. The molecule has 5 heteroatoms. The van der Waals surface area contributed by atoms with Crippen LogP contribution in [0, 0.1) is 6.92 Å². The minimum absolute atomic E-state index is 0.292. The quantitative estimate of drug-likeness (QED) is 0.824. The number of rotatable bonds is 2. The Balaban J connectivity index is 2.87. The Labute approximate surface area is 96.3 Å². The van der Waals surface area contributed by atoms with Gasteiger partial charge in [0.2, 0.25) is 0 Å². The van der Waals surface area contributed by atoms with Crippen LogP contribution in [0.15, 0.2) is 24.3 Å². The van der Waals surface area contributed by atoms with Crippen LogP contribution in [0.3, 0.4) is 0 Å². The molecular formula is C12H9NO4. The lowest BCUT2D eigenvalue weighted by atomic mass is 10.1. The van der Waals surface area contributed by atoms with Gasteiger partial charge in [-0.15, -0.1) is 0 Å². The topological polar surface area (TPSA) is 87.5 Å². The number of fused-ring (bicyclic) bond motifs is 1. The van der Waals surface area contributed by atoms with Crippen LogP contribution in [-0.2, 0) is 0 Å². The van der Waals surface area contributed by atoms with Gasteiger partial charge in [-0.1, -0.05) is 12.1 Å². The van der Waals surface area contributed by atoms with E-state index in [0.29, 0.717) is 10.9 Å². The summed E-state index contributed by atoms with van der Waals surface area (Å²) in [5.74, 6) is -2.63. The van der Waals surface area contributed by atoms with Gasteiger partial charge in [-0.25, -0.2) is 14.6 Å². The first-order valence-electron chi connectivity index (χ1n) is 4.87. The van der Waals surface area contributed by atoms with E-state index in [1.807, 2.05) is 13.0 Å². The molecule has 0 aliphatic carbocycles. The number of carboxylic acid groups (broad SMARTS) is 2. The second-order valence-corrected chi connectivity index (χ2v) is 3.64. The third kappa shape index (κ3) is 1.82.